The van der Waals surface area contributed by atoms with Gasteiger partial charge < -0.3 is 38.6 Å². The molecule has 5 aromatic rings. The lowest BCUT2D eigenvalue weighted by molar-refractivity contribution is -0.122. The fourth-order valence-electron chi connectivity index (χ4n) is 8.97. The van der Waals surface area contributed by atoms with E-state index in [1.54, 1.807) is 14.2 Å². The van der Waals surface area contributed by atoms with E-state index in [1.165, 1.54) is 28.5 Å². The minimum absolute atomic E-state index is 0.00872. The molecule has 1 aromatic heterocycles. The van der Waals surface area contributed by atoms with Gasteiger partial charge in [0.2, 0.25) is 11.8 Å². The number of nitrogens with zero attached hydrogens (tertiary/aromatic N) is 3. The zero-order valence-corrected chi connectivity index (χ0v) is 44.8. The van der Waals surface area contributed by atoms with Gasteiger partial charge in [-0.2, -0.15) is 5.26 Å². The number of amides is 2. The number of carbonyl (C=O) groups excluding carboxylic acids is 2. The second kappa shape index (κ2) is 27.2. The van der Waals surface area contributed by atoms with E-state index in [1.807, 2.05) is 126 Å². The largest absolute Gasteiger partial charge is 0.497 e. The molecular formula is C57H71N6O10P. The highest BCUT2D eigenvalue weighted by molar-refractivity contribution is 7.44. The monoisotopic (exact) mass is 1030 g/mol. The van der Waals surface area contributed by atoms with Crippen molar-refractivity contribution < 1.29 is 37.6 Å². The molecule has 74 heavy (non-hydrogen) atoms. The number of ether oxygens (including phenoxy) is 4. The number of aromatic nitrogens is 2. The van der Waals surface area contributed by atoms with Crippen molar-refractivity contribution in [3.05, 3.63) is 170 Å². The molecule has 0 spiro atoms. The SMILES string of the molecule is COc1ccc(C(OC[C@H]2O[C@@H](n3cc(C=CC(=O)NCCNC(=O)[C@@H](C)c4ccc(CC(C)C)cc4)c(=O)[nH]c3=O)CC2OP(OCCC#N)N(C(C)C)C(C)C)(c2ccccc2)c2ccc(OC)cc2)cc1. The summed E-state index contributed by atoms with van der Waals surface area (Å²) in [4.78, 5) is 55.3. The Bertz CT molecular complexity index is 2720. The van der Waals surface area contributed by atoms with Gasteiger partial charge in [-0.25, -0.2) is 9.46 Å². The van der Waals surface area contributed by atoms with Crippen LogP contribution in [0.2, 0.25) is 0 Å². The van der Waals surface area contributed by atoms with Crippen molar-refractivity contribution in [1.82, 2.24) is 24.9 Å². The predicted molar refractivity (Wildman–Crippen MR) is 287 cm³/mol. The molecule has 0 bridgehead atoms. The standard InChI is InChI=1S/C57H71N6O10P/c1-38(2)34-42-16-18-43(19-17-42)41(7)54(65)60-32-31-59-52(64)29-20-44-36-62(56(67)61-55(44)66)53-35-50(73-74(71-33-13-30-58)63(39(3)4)40(5)6)51(72-53)37-70-57(45-14-11-10-12-15-45,46-21-25-48(68-8)26-22-46)47-23-27-49(69-9)28-24-47/h10-12,14-29,36,38-41,50-51,53H,13,31-35,37H2,1-9H3,(H,59,64)(H,60,65)(H,61,66,67)/t41-,50?,51+,53+,74?/m0/s1. The van der Waals surface area contributed by atoms with Crippen LogP contribution in [0.1, 0.15) is 107 Å². The van der Waals surface area contributed by atoms with Crippen molar-refractivity contribution in [3.63, 3.8) is 0 Å². The van der Waals surface area contributed by atoms with Crippen LogP contribution in [-0.4, -0.2) is 90.9 Å². The number of H-pyrrole nitrogens is 1. The van der Waals surface area contributed by atoms with Crippen molar-refractivity contribution in [3.8, 4) is 17.6 Å². The Morgan fingerprint density at radius 3 is 2.01 bits per heavy atom. The van der Waals surface area contributed by atoms with Crippen LogP contribution in [0, 0.1) is 17.2 Å². The number of nitrogens with one attached hydrogen (secondary N) is 3. The number of benzene rings is 4. The molecule has 2 unspecified atom stereocenters. The van der Waals surface area contributed by atoms with Gasteiger partial charge in [-0.05, 0) is 105 Å². The second-order valence-electron chi connectivity index (χ2n) is 19.1. The molecule has 2 amide bonds. The Morgan fingerprint density at radius 1 is 0.851 bits per heavy atom. The minimum Gasteiger partial charge on any atom is -0.497 e. The zero-order valence-electron chi connectivity index (χ0n) is 43.9. The first-order chi connectivity index (χ1) is 35.6. The van der Waals surface area contributed by atoms with E-state index in [2.05, 4.69) is 52.3 Å². The third-order valence-corrected chi connectivity index (χ3v) is 14.8. The Kier molecular flexibility index (Phi) is 20.9. The van der Waals surface area contributed by atoms with Crippen LogP contribution in [0.25, 0.3) is 6.08 Å². The van der Waals surface area contributed by atoms with Crippen LogP contribution in [0.5, 0.6) is 11.5 Å². The molecule has 1 fully saturated rings. The average molecular weight is 1030 g/mol. The van der Waals surface area contributed by atoms with Crippen LogP contribution in [0.4, 0.5) is 0 Å². The zero-order chi connectivity index (χ0) is 53.4. The van der Waals surface area contributed by atoms with E-state index in [0.717, 1.165) is 28.7 Å². The Morgan fingerprint density at radius 2 is 1.45 bits per heavy atom. The van der Waals surface area contributed by atoms with Crippen LogP contribution in [0.15, 0.2) is 125 Å². The van der Waals surface area contributed by atoms with Crippen LogP contribution in [0.3, 0.4) is 0 Å². The van der Waals surface area contributed by atoms with Gasteiger partial charge in [0.15, 0.2) is 0 Å². The maximum Gasteiger partial charge on any atom is 0.330 e. The van der Waals surface area contributed by atoms with E-state index >= 15 is 0 Å². The minimum atomic E-state index is -1.79. The summed E-state index contributed by atoms with van der Waals surface area (Å²) in [6, 6.07) is 35.3. The molecule has 1 aliphatic heterocycles. The number of hydrogen-bond donors (Lipinski definition) is 3. The molecule has 17 heteroatoms. The van der Waals surface area contributed by atoms with Crippen molar-refractivity contribution in [2.45, 2.75) is 110 Å². The van der Waals surface area contributed by atoms with Crippen LogP contribution >= 0.6 is 8.53 Å². The summed E-state index contributed by atoms with van der Waals surface area (Å²) in [6.07, 6.45) is 2.58. The molecule has 394 valence electrons. The van der Waals surface area contributed by atoms with Gasteiger partial charge in [-0.3, -0.25) is 23.9 Å². The summed E-state index contributed by atoms with van der Waals surface area (Å²) in [6.45, 7) is 14.7. The first kappa shape index (κ1) is 56.8. The maximum absolute atomic E-state index is 13.7. The highest BCUT2D eigenvalue weighted by Crippen LogP contribution is 2.51. The summed E-state index contributed by atoms with van der Waals surface area (Å²) in [5, 5.41) is 15.1. The highest BCUT2D eigenvalue weighted by Gasteiger charge is 2.45. The fraction of sp³-hybridized carbons (Fsp3) is 0.421. The summed E-state index contributed by atoms with van der Waals surface area (Å²) >= 11 is 0. The Labute approximate surface area is 436 Å². The van der Waals surface area contributed by atoms with E-state index in [9.17, 15) is 24.4 Å². The lowest BCUT2D eigenvalue weighted by atomic mass is 9.80. The first-order valence-electron chi connectivity index (χ1n) is 25.1. The number of aromatic amines is 1. The fourth-order valence-corrected chi connectivity index (χ4v) is 10.7. The van der Waals surface area contributed by atoms with E-state index in [-0.39, 0.29) is 68.6 Å². The Balaban J connectivity index is 1.27. The smallest absolute Gasteiger partial charge is 0.330 e. The maximum atomic E-state index is 13.7. The number of methoxy groups -OCH3 is 2. The third-order valence-electron chi connectivity index (χ3n) is 12.7. The van der Waals surface area contributed by atoms with Gasteiger partial charge in [0.25, 0.3) is 14.1 Å². The molecule has 16 nitrogen and oxygen atoms in total. The summed E-state index contributed by atoms with van der Waals surface area (Å²) in [7, 11) is 1.43. The van der Waals surface area contributed by atoms with Gasteiger partial charge in [0.05, 0.1) is 57.5 Å². The number of nitriles is 1. The highest BCUT2D eigenvalue weighted by atomic mass is 31.2. The topological polar surface area (TPSA) is 195 Å². The van der Waals surface area contributed by atoms with Gasteiger partial charge in [-0.15, -0.1) is 0 Å². The Hall–Kier alpha value is -6.44. The van der Waals surface area contributed by atoms with Gasteiger partial charge in [0, 0.05) is 43.9 Å². The quantitative estimate of drug-likeness (QED) is 0.0207. The summed E-state index contributed by atoms with van der Waals surface area (Å²) in [5.41, 5.74) is 1.90. The predicted octanol–water partition coefficient (Wildman–Crippen LogP) is 8.76. The molecule has 0 saturated carbocycles. The summed E-state index contributed by atoms with van der Waals surface area (Å²) in [5.74, 6) is 0.809. The van der Waals surface area contributed by atoms with Crippen molar-refractivity contribution >= 4 is 26.4 Å². The van der Waals surface area contributed by atoms with E-state index < -0.39 is 49.7 Å². The molecule has 3 N–H and O–H groups in total. The normalized spacial score (nSPS) is 16.7. The first-order valence-corrected chi connectivity index (χ1v) is 26.3. The molecule has 6 rings (SSSR count). The average Bonchev–Trinajstić information content (AvgIpc) is 3.79. The second-order valence-corrected chi connectivity index (χ2v) is 20.5. The molecule has 1 saturated heterocycles. The number of rotatable bonds is 26. The molecule has 2 heterocycles. The molecule has 4 aromatic carbocycles. The van der Waals surface area contributed by atoms with Gasteiger partial charge in [-0.1, -0.05) is 92.7 Å². The van der Waals surface area contributed by atoms with E-state index in [4.69, 9.17) is 28.0 Å². The van der Waals surface area contributed by atoms with Crippen LogP contribution < -0.4 is 31.4 Å². The third kappa shape index (κ3) is 14.7. The number of hydrogen-bond acceptors (Lipinski definition) is 12. The number of carbonyl (C=O) groups is 2. The van der Waals surface area contributed by atoms with Crippen molar-refractivity contribution in [2.24, 2.45) is 5.92 Å². The summed E-state index contributed by atoms with van der Waals surface area (Å²) < 4.78 is 41.9. The lowest BCUT2D eigenvalue weighted by Gasteiger charge is -2.39. The van der Waals surface area contributed by atoms with Crippen LogP contribution in [-0.2, 0) is 40.1 Å². The molecule has 1 aliphatic rings. The van der Waals surface area contributed by atoms with E-state index in [0.29, 0.717) is 17.4 Å². The molecular weight excluding hydrogens is 960 g/mol. The van der Waals surface area contributed by atoms with Gasteiger partial charge >= 0.3 is 5.69 Å². The van der Waals surface area contributed by atoms with Crippen molar-refractivity contribution in [2.75, 3.05) is 40.5 Å². The lowest BCUT2D eigenvalue weighted by Crippen LogP contribution is -2.39. The molecule has 0 aliphatic carbocycles. The molecule has 5 atom stereocenters. The van der Waals surface area contributed by atoms with Gasteiger partial charge in [0.1, 0.15) is 29.4 Å². The molecule has 0 radical (unpaired) electrons. The van der Waals surface area contributed by atoms with Crippen molar-refractivity contribution in [1.29, 1.82) is 5.26 Å².